The predicted octanol–water partition coefficient (Wildman–Crippen LogP) is 4.46. The summed E-state index contributed by atoms with van der Waals surface area (Å²) in [5.74, 6) is 1.99. The molecule has 0 saturated carbocycles. The fraction of sp³-hybridized carbons (Fsp3) is 0.519. The minimum absolute atomic E-state index is 0.0184. The van der Waals surface area contributed by atoms with E-state index in [4.69, 9.17) is 4.74 Å². The van der Waals surface area contributed by atoms with E-state index in [1.165, 1.54) is 36.0 Å². The maximum Gasteiger partial charge on any atom is 0.224 e. The Morgan fingerprint density at radius 1 is 1.10 bits per heavy atom. The number of fused-ring (bicyclic) bond motifs is 1. The third-order valence-corrected chi connectivity index (χ3v) is 6.47. The molecule has 2 aliphatic rings. The number of amides is 1. The topological polar surface area (TPSA) is 41.6 Å². The molecule has 4 nitrogen and oxygen atoms in total. The lowest BCUT2D eigenvalue weighted by Crippen LogP contribution is -2.47. The fourth-order valence-electron chi connectivity index (χ4n) is 4.89. The van der Waals surface area contributed by atoms with Crippen molar-refractivity contribution in [3.63, 3.8) is 0 Å². The van der Waals surface area contributed by atoms with Gasteiger partial charge in [0, 0.05) is 32.1 Å². The molecule has 1 heterocycles. The number of hydrogen-bond acceptors (Lipinski definition) is 3. The van der Waals surface area contributed by atoms with Crippen molar-refractivity contribution in [1.29, 1.82) is 0 Å². The van der Waals surface area contributed by atoms with Gasteiger partial charge in [-0.3, -0.25) is 9.69 Å². The molecular formula is C27H36N2O2. The van der Waals surface area contributed by atoms with E-state index in [0.717, 1.165) is 38.3 Å². The third-order valence-electron chi connectivity index (χ3n) is 6.47. The highest BCUT2D eigenvalue weighted by Crippen LogP contribution is 2.28. The van der Waals surface area contributed by atoms with Crippen LogP contribution in [0.2, 0.25) is 0 Å². The summed E-state index contributed by atoms with van der Waals surface area (Å²) in [6.45, 7) is 8.33. The Bertz CT molecular complexity index is 865. The highest BCUT2D eigenvalue weighted by atomic mass is 16.5. The van der Waals surface area contributed by atoms with Crippen LogP contribution in [-0.2, 0) is 24.2 Å². The molecule has 0 aromatic heterocycles. The summed E-state index contributed by atoms with van der Waals surface area (Å²) < 4.78 is 6.24. The summed E-state index contributed by atoms with van der Waals surface area (Å²) >= 11 is 0. The van der Waals surface area contributed by atoms with E-state index in [9.17, 15) is 4.79 Å². The van der Waals surface area contributed by atoms with Crippen LogP contribution in [-0.4, -0.2) is 37.0 Å². The normalized spacial score (nSPS) is 21.1. The lowest BCUT2D eigenvalue weighted by Gasteiger charge is -2.37. The lowest BCUT2D eigenvalue weighted by molar-refractivity contribution is -0.128. The maximum atomic E-state index is 12.9. The van der Waals surface area contributed by atoms with Crippen LogP contribution >= 0.6 is 0 Å². The van der Waals surface area contributed by atoms with Crippen LogP contribution in [0.3, 0.4) is 0 Å². The van der Waals surface area contributed by atoms with Crippen LogP contribution < -0.4 is 10.1 Å². The van der Waals surface area contributed by atoms with E-state index in [-0.39, 0.29) is 11.8 Å². The van der Waals surface area contributed by atoms with Crippen LogP contribution in [0.4, 0.5) is 0 Å². The second-order valence-corrected chi connectivity index (χ2v) is 9.71. The Morgan fingerprint density at radius 3 is 2.71 bits per heavy atom. The minimum Gasteiger partial charge on any atom is -0.493 e. The summed E-state index contributed by atoms with van der Waals surface area (Å²) in [4.78, 5) is 15.3. The molecule has 31 heavy (non-hydrogen) atoms. The molecular weight excluding hydrogens is 384 g/mol. The number of ether oxygens (including phenoxy) is 1. The van der Waals surface area contributed by atoms with Crippen LogP contribution in [0, 0.1) is 17.8 Å². The molecule has 1 N–H and O–H groups in total. The highest BCUT2D eigenvalue weighted by molar-refractivity contribution is 5.79. The molecule has 0 spiro atoms. The van der Waals surface area contributed by atoms with E-state index in [1.807, 2.05) is 0 Å². The number of piperidine rings is 1. The monoisotopic (exact) mass is 420 g/mol. The van der Waals surface area contributed by atoms with Gasteiger partial charge in [-0.15, -0.1) is 0 Å². The standard InChI is InChI=1S/C27H36N2O2/c1-20(2)15-28-27(30)25-13-22(17-29(18-25)16-21-7-4-3-5-8-21)19-31-26-12-11-23-9-6-10-24(23)14-26/h3-5,7-8,11-12,14,20,22,25H,6,9-10,13,15-19H2,1-2H3,(H,28,30)/t22-,25+/m0/s1. The van der Waals surface area contributed by atoms with Gasteiger partial charge in [-0.25, -0.2) is 0 Å². The number of hydrogen-bond donors (Lipinski definition) is 1. The molecule has 0 unspecified atom stereocenters. The van der Waals surface area contributed by atoms with E-state index < -0.39 is 0 Å². The van der Waals surface area contributed by atoms with Gasteiger partial charge in [-0.2, -0.15) is 0 Å². The Labute approximate surface area is 187 Å². The molecule has 4 heteroatoms. The first-order valence-corrected chi connectivity index (χ1v) is 11.9. The van der Waals surface area contributed by atoms with Gasteiger partial charge in [0.1, 0.15) is 5.75 Å². The molecule has 2 aromatic rings. The molecule has 1 saturated heterocycles. The van der Waals surface area contributed by atoms with Crippen molar-refractivity contribution >= 4 is 5.91 Å². The van der Waals surface area contributed by atoms with E-state index in [1.54, 1.807) is 0 Å². The zero-order valence-electron chi connectivity index (χ0n) is 19.0. The third kappa shape index (κ3) is 6.10. The van der Waals surface area contributed by atoms with Crippen molar-refractivity contribution in [2.24, 2.45) is 17.8 Å². The Balaban J connectivity index is 1.40. The van der Waals surface area contributed by atoms with Gasteiger partial charge in [0.25, 0.3) is 0 Å². The summed E-state index contributed by atoms with van der Waals surface area (Å²) in [5.41, 5.74) is 4.21. The first-order valence-electron chi connectivity index (χ1n) is 11.9. The number of benzene rings is 2. The number of aryl methyl sites for hydroxylation is 2. The largest absolute Gasteiger partial charge is 0.493 e. The Morgan fingerprint density at radius 2 is 1.90 bits per heavy atom. The predicted molar refractivity (Wildman–Crippen MR) is 125 cm³/mol. The van der Waals surface area contributed by atoms with Gasteiger partial charge in [0.15, 0.2) is 0 Å². The van der Waals surface area contributed by atoms with Gasteiger partial charge in [0.05, 0.1) is 12.5 Å². The molecule has 1 aliphatic heterocycles. The Hall–Kier alpha value is -2.33. The second kappa shape index (κ2) is 10.3. The molecule has 2 aromatic carbocycles. The molecule has 4 rings (SSSR count). The maximum absolute atomic E-state index is 12.9. The first-order chi connectivity index (χ1) is 15.1. The molecule has 1 fully saturated rings. The average molecular weight is 421 g/mol. The van der Waals surface area contributed by atoms with Crippen LogP contribution in [0.25, 0.3) is 0 Å². The van der Waals surface area contributed by atoms with E-state index in [0.29, 0.717) is 18.4 Å². The molecule has 166 valence electrons. The fourth-order valence-corrected chi connectivity index (χ4v) is 4.89. The zero-order valence-corrected chi connectivity index (χ0v) is 19.0. The highest BCUT2D eigenvalue weighted by Gasteiger charge is 2.32. The van der Waals surface area contributed by atoms with Crippen LogP contribution in [0.15, 0.2) is 48.5 Å². The number of carbonyl (C=O) groups excluding carboxylic acids is 1. The second-order valence-electron chi connectivity index (χ2n) is 9.71. The van der Waals surface area contributed by atoms with Gasteiger partial charge >= 0.3 is 0 Å². The Kier molecular flexibility index (Phi) is 7.29. The number of carbonyl (C=O) groups is 1. The van der Waals surface area contributed by atoms with E-state index >= 15 is 0 Å². The van der Waals surface area contributed by atoms with E-state index in [2.05, 4.69) is 72.6 Å². The number of nitrogens with zero attached hydrogens (tertiary/aromatic N) is 1. The summed E-state index contributed by atoms with van der Waals surface area (Å²) in [6.07, 6.45) is 4.50. The first kappa shape index (κ1) is 21.9. The number of likely N-dealkylation sites (tertiary alicyclic amines) is 1. The SMILES string of the molecule is CC(C)CNC(=O)[C@@H]1C[C@H](COc2ccc3c(c2)CCC3)CN(Cc2ccccc2)C1. The van der Waals surface area contributed by atoms with Gasteiger partial charge in [-0.1, -0.05) is 50.2 Å². The molecule has 1 aliphatic carbocycles. The number of nitrogens with one attached hydrogen (secondary N) is 1. The zero-order chi connectivity index (χ0) is 21.6. The van der Waals surface area contributed by atoms with Gasteiger partial charge in [0.2, 0.25) is 5.91 Å². The molecule has 1 amide bonds. The average Bonchev–Trinajstić information content (AvgIpc) is 3.24. The minimum atomic E-state index is 0.0184. The number of rotatable bonds is 8. The van der Waals surface area contributed by atoms with Gasteiger partial charge < -0.3 is 10.1 Å². The van der Waals surface area contributed by atoms with Crippen molar-refractivity contribution < 1.29 is 9.53 Å². The molecule has 0 bridgehead atoms. The molecule has 0 radical (unpaired) electrons. The molecule has 2 atom stereocenters. The quantitative estimate of drug-likeness (QED) is 0.685. The van der Waals surface area contributed by atoms with Crippen molar-refractivity contribution in [2.75, 3.05) is 26.2 Å². The van der Waals surface area contributed by atoms with Crippen molar-refractivity contribution in [2.45, 2.75) is 46.1 Å². The summed E-state index contributed by atoms with van der Waals surface area (Å²) in [6, 6.07) is 17.1. The summed E-state index contributed by atoms with van der Waals surface area (Å²) in [5, 5.41) is 3.15. The van der Waals surface area contributed by atoms with Crippen LogP contribution in [0.1, 0.15) is 43.4 Å². The van der Waals surface area contributed by atoms with Crippen molar-refractivity contribution in [1.82, 2.24) is 10.2 Å². The lowest BCUT2D eigenvalue weighted by atomic mass is 9.88. The van der Waals surface area contributed by atoms with Crippen molar-refractivity contribution in [3.8, 4) is 5.75 Å². The smallest absolute Gasteiger partial charge is 0.224 e. The van der Waals surface area contributed by atoms with Gasteiger partial charge in [-0.05, 0) is 60.4 Å². The van der Waals surface area contributed by atoms with Crippen LogP contribution in [0.5, 0.6) is 5.75 Å². The van der Waals surface area contributed by atoms with Crippen molar-refractivity contribution in [3.05, 3.63) is 65.2 Å². The summed E-state index contributed by atoms with van der Waals surface area (Å²) in [7, 11) is 0.